The van der Waals surface area contributed by atoms with Crippen molar-refractivity contribution in [2.45, 2.75) is 6.42 Å². The number of ketones is 1. The number of ether oxygens (including phenoxy) is 2. The Morgan fingerprint density at radius 2 is 1.90 bits per heavy atom. The minimum absolute atomic E-state index is 0.0193. The number of benzene rings is 2. The summed E-state index contributed by atoms with van der Waals surface area (Å²) in [6.07, 6.45) is 2.45. The zero-order chi connectivity index (χ0) is 15.1. The summed E-state index contributed by atoms with van der Waals surface area (Å²) in [4.78, 5) is 12.1. The molecular formula is C18H18O3. The van der Waals surface area contributed by atoms with Gasteiger partial charge in [-0.1, -0.05) is 48.5 Å². The predicted molar refractivity (Wildman–Crippen MR) is 83.2 cm³/mol. The van der Waals surface area contributed by atoms with Crippen LogP contribution in [0.2, 0.25) is 0 Å². The van der Waals surface area contributed by atoms with Crippen LogP contribution >= 0.6 is 0 Å². The molecule has 21 heavy (non-hydrogen) atoms. The standard InChI is InChI=1S/C18H18O3/c1-3-8-15-11-7-12-17(20-2)18(15)21-13-16(19)14-9-5-4-6-10-14/h3-7,9-12H,1,8,13H2,2H3. The van der Waals surface area contributed by atoms with Crippen molar-refractivity contribution in [3.05, 3.63) is 72.3 Å². The van der Waals surface area contributed by atoms with E-state index >= 15 is 0 Å². The molecule has 0 aliphatic carbocycles. The maximum Gasteiger partial charge on any atom is 0.200 e. The van der Waals surface area contributed by atoms with Crippen molar-refractivity contribution < 1.29 is 14.3 Å². The summed E-state index contributed by atoms with van der Waals surface area (Å²) in [7, 11) is 1.58. The Morgan fingerprint density at radius 3 is 2.57 bits per heavy atom. The molecule has 3 nitrogen and oxygen atoms in total. The molecule has 0 aliphatic heterocycles. The number of rotatable bonds is 7. The summed E-state index contributed by atoms with van der Waals surface area (Å²) < 4.78 is 11.0. The molecule has 0 aliphatic rings. The lowest BCUT2D eigenvalue weighted by atomic mass is 10.1. The van der Waals surface area contributed by atoms with Crippen molar-refractivity contribution in [2.75, 3.05) is 13.7 Å². The Balaban J connectivity index is 2.15. The van der Waals surface area contributed by atoms with Gasteiger partial charge in [-0.2, -0.15) is 0 Å². The minimum atomic E-state index is -0.0638. The number of carbonyl (C=O) groups is 1. The van der Waals surface area contributed by atoms with Crippen LogP contribution in [0.1, 0.15) is 15.9 Å². The fourth-order valence-corrected chi connectivity index (χ4v) is 2.05. The molecule has 0 fully saturated rings. The predicted octanol–water partition coefficient (Wildman–Crippen LogP) is 3.69. The van der Waals surface area contributed by atoms with Gasteiger partial charge in [0.25, 0.3) is 0 Å². The van der Waals surface area contributed by atoms with Gasteiger partial charge < -0.3 is 9.47 Å². The van der Waals surface area contributed by atoms with Crippen molar-refractivity contribution in [1.29, 1.82) is 0 Å². The van der Waals surface area contributed by atoms with E-state index in [4.69, 9.17) is 9.47 Å². The van der Waals surface area contributed by atoms with Crippen LogP contribution in [0.5, 0.6) is 11.5 Å². The number of hydrogen-bond acceptors (Lipinski definition) is 3. The maximum absolute atomic E-state index is 12.1. The Hall–Kier alpha value is -2.55. The molecule has 2 aromatic rings. The van der Waals surface area contributed by atoms with Crippen LogP contribution in [0.15, 0.2) is 61.2 Å². The molecule has 0 unspecified atom stereocenters. The number of methoxy groups -OCH3 is 1. The smallest absolute Gasteiger partial charge is 0.200 e. The second-order valence-electron chi connectivity index (χ2n) is 4.52. The van der Waals surface area contributed by atoms with Crippen LogP contribution < -0.4 is 9.47 Å². The number of carbonyl (C=O) groups excluding carboxylic acids is 1. The van der Waals surface area contributed by atoms with Crippen molar-refractivity contribution in [1.82, 2.24) is 0 Å². The van der Waals surface area contributed by atoms with E-state index in [1.807, 2.05) is 36.4 Å². The number of allylic oxidation sites excluding steroid dienone is 1. The number of hydrogen-bond donors (Lipinski definition) is 0. The molecule has 0 atom stereocenters. The summed E-state index contributed by atoms with van der Waals surface area (Å²) in [5.74, 6) is 1.16. The van der Waals surface area contributed by atoms with Gasteiger partial charge in [0.05, 0.1) is 7.11 Å². The van der Waals surface area contributed by atoms with E-state index in [0.29, 0.717) is 23.5 Å². The molecule has 0 saturated heterocycles. The maximum atomic E-state index is 12.1. The third kappa shape index (κ3) is 3.72. The number of para-hydroxylation sites is 1. The first-order valence-corrected chi connectivity index (χ1v) is 6.74. The molecule has 2 rings (SSSR count). The lowest BCUT2D eigenvalue weighted by Crippen LogP contribution is -2.12. The normalized spacial score (nSPS) is 9.95. The van der Waals surface area contributed by atoms with Gasteiger partial charge in [0.1, 0.15) is 0 Å². The van der Waals surface area contributed by atoms with Gasteiger partial charge >= 0.3 is 0 Å². The van der Waals surface area contributed by atoms with Crippen molar-refractivity contribution in [3.63, 3.8) is 0 Å². The molecule has 0 amide bonds. The first kappa shape index (κ1) is 14.9. The molecule has 0 spiro atoms. The van der Waals surface area contributed by atoms with Gasteiger partial charge in [-0.15, -0.1) is 6.58 Å². The zero-order valence-electron chi connectivity index (χ0n) is 12.0. The van der Waals surface area contributed by atoms with Crippen LogP contribution in [0.25, 0.3) is 0 Å². The summed E-state index contributed by atoms with van der Waals surface area (Å²) in [5.41, 5.74) is 1.59. The highest BCUT2D eigenvalue weighted by atomic mass is 16.5. The SMILES string of the molecule is C=CCc1cccc(OC)c1OCC(=O)c1ccccc1. The Morgan fingerprint density at radius 1 is 1.14 bits per heavy atom. The quantitative estimate of drug-likeness (QED) is 0.574. The van der Waals surface area contributed by atoms with Gasteiger partial charge in [-0.25, -0.2) is 0 Å². The second-order valence-corrected chi connectivity index (χ2v) is 4.52. The summed E-state index contributed by atoms with van der Waals surface area (Å²) in [6, 6.07) is 14.7. The molecule has 2 aromatic carbocycles. The second kappa shape index (κ2) is 7.29. The van der Waals surface area contributed by atoms with E-state index in [9.17, 15) is 4.79 Å². The summed E-state index contributed by atoms with van der Waals surface area (Å²) in [6.45, 7) is 3.71. The van der Waals surface area contributed by atoms with Crippen molar-refractivity contribution in [3.8, 4) is 11.5 Å². The van der Waals surface area contributed by atoms with Gasteiger partial charge in [0.15, 0.2) is 23.9 Å². The average molecular weight is 282 g/mol. The topological polar surface area (TPSA) is 35.5 Å². The molecule has 0 aromatic heterocycles. The molecule has 3 heteroatoms. The average Bonchev–Trinajstić information content (AvgIpc) is 2.54. The lowest BCUT2D eigenvalue weighted by Gasteiger charge is -2.14. The van der Waals surface area contributed by atoms with Crippen LogP contribution in [-0.4, -0.2) is 19.5 Å². The van der Waals surface area contributed by atoms with E-state index in [-0.39, 0.29) is 12.4 Å². The molecule has 0 N–H and O–H groups in total. The third-order valence-corrected chi connectivity index (χ3v) is 3.09. The van der Waals surface area contributed by atoms with Gasteiger partial charge in [0.2, 0.25) is 0 Å². The highest BCUT2D eigenvalue weighted by molar-refractivity contribution is 5.97. The highest BCUT2D eigenvalue weighted by Gasteiger charge is 2.12. The van der Waals surface area contributed by atoms with Crippen LogP contribution in [0.4, 0.5) is 0 Å². The molecule has 108 valence electrons. The van der Waals surface area contributed by atoms with Gasteiger partial charge in [-0.05, 0) is 12.5 Å². The summed E-state index contributed by atoms with van der Waals surface area (Å²) >= 11 is 0. The van der Waals surface area contributed by atoms with Crippen LogP contribution in [0.3, 0.4) is 0 Å². The summed E-state index contributed by atoms with van der Waals surface area (Å²) in [5, 5.41) is 0. The van der Waals surface area contributed by atoms with E-state index in [1.54, 1.807) is 25.3 Å². The molecular weight excluding hydrogens is 264 g/mol. The Labute approximate surface area is 124 Å². The van der Waals surface area contributed by atoms with Gasteiger partial charge in [-0.3, -0.25) is 4.79 Å². The Bertz CT molecular complexity index is 618. The monoisotopic (exact) mass is 282 g/mol. The minimum Gasteiger partial charge on any atom is -0.493 e. The fourth-order valence-electron chi connectivity index (χ4n) is 2.05. The van der Waals surface area contributed by atoms with Crippen molar-refractivity contribution in [2.24, 2.45) is 0 Å². The molecule has 0 heterocycles. The third-order valence-electron chi connectivity index (χ3n) is 3.09. The Kier molecular flexibility index (Phi) is 5.16. The number of Topliss-reactive ketones (excluding diaryl/α,β-unsaturated/α-hetero) is 1. The van der Waals surface area contributed by atoms with E-state index < -0.39 is 0 Å². The molecule has 0 saturated carbocycles. The van der Waals surface area contributed by atoms with E-state index in [2.05, 4.69) is 6.58 Å². The highest BCUT2D eigenvalue weighted by Crippen LogP contribution is 2.31. The van der Waals surface area contributed by atoms with Crippen LogP contribution in [0, 0.1) is 0 Å². The molecule has 0 radical (unpaired) electrons. The first-order valence-electron chi connectivity index (χ1n) is 6.74. The van der Waals surface area contributed by atoms with E-state index in [0.717, 1.165) is 5.56 Å². The fraction of sp³-hybridized carbons (Fsp3) is 0.167. The first-order chi connectivity index (χ1) is 10.3. The van der Waals surface area contributed by atoms with Crippen molar-refractivity contribution >= 4 is 5.78 Å². The molecule has 0 bridgehead atoms. The van der Waals surface area contributed by atoms with E-state index in [1.165, 1.54) is 0 Å². The van der Waals surface area contributed by atoms with Crippen LogP contribution in [-0.2, 0) is 6.42 Å². The lowest BCUT2D eigenvalue weighted by molar-refractivity contribution is 0.0919. The van der Waals surface area contributed by atoms with Gasteiger partial charge in [0, 0.05) is 11.1 Å². The zero-order valence-corrected chi connectivity index (χ0v) is 12.0. The largest absolute Gasteiger partial charge is 0.493 e.